The molecule has 1 saturated heterocycles. The Kier molecular flexibility index (Phi) is 3.73. The molecular weight excluding hydrogens is 244 g/mol. The maximum absolute atomic E-state index is 4.47. The first kappa shape index (κ1) is 11.9. The zero-order valence-electron chi connectivity index (χ0n) is 10.4. The standard InChI is InChI=1S/C13H18N4S/c1-2-7-17(8-3-1)16-10-13-15-9-12(18-13)11-5-4-6-14-11/h4-6,9,14,16H,1-3,7-8,10H2. The van der Waals surface area contributed by atoms with Gasteiger partial charge in [0, 0.05) is 25.5 Å². The van der Waals surface area contributed by atoms with Crippen LogP contribution in [-0.4, -0.2) is 28.1 Å². The minimum absolute atomic E-state index is 0.839. The first-order chi connectivity index (χ1) is 8.92. The Bertz CT molecular complexity index is 471. The fourth-order valence-electron chi connectivity index (χ4n) is 2.23. The molecule has 3 heterocycles. The molecule has 1 fully saturated rings. The van der Waals surface area contributed by atoms with Gasteiger partial charge in [0.05, 0.1) is 17.1 Å². The molecule has 1 aliphatic heterocycles. The molecule has 0 aliphatic carbocycles. The number of piperidine rings is 1. The Morgan fingerprint density at radius 3 is 3.00 bits per heavy atom. The summed E-state index contributed by atoms with van der Waals surface area (Å²) in [6.07, 6.45) is 7.87. The van der Waals surface area contributed by atoms with E-state index in [2.05, 4.69) is 26.5 Å². The zero-order chi connectivity index (χ0) is 12.2. The van der Waals surface area contributed by atoms with E-state index in [1.165, 1.54) is 24.1 Å². The lowest BCUT2D eigenvalue weighted by Gasteiger charge is -2.26. The summed E-state index contributed by atoms with van der Waals surface area (Å²) in [5.41, 5.74) is 4.62. The van der Waals surface area contributed by atoms with Crippen LogP contribution in [0.5, 0.6) is 0 Å². The van der Waals surface area contributed by atoms with Crippen molar-refractivity contribution in [2.24, 2.45) is 0 Å². The number of hydrogen-bond donors (Lipinski definition) is 2. The molecule has 0 spiro atoms. The maximum atomic E-state index is 4.47. The predicted octanol–water partition coefficient (Wildman–Crippen LogP) is 2.63. The van der Waals surface area contributed by atoms with Gasteiger partial charge in [-0.15, -0.1) is 11.3 Å². The molecule has 5 heteroatoms. The molecule has 0 atom stereocenters. The number of aromatic nitrogens is 2. The molecular formula is C13H18N4S. The van der Waals surface area contributed by atoms with Gasteiger partial charge in [0.25, 0.3) is 0 Å². The van der Waals surface area contributed by atoms with Crippen molar-refractivity contribution < 1.29 is 0 Å². The van der Waals surface area contributed by atoms with Gasteiger partial charge in [0.2, 0.25) is 0 Å². The lowest BCUT2D eigenvalue weighted by molar-refractivity contribution is 0.151. The van der Waals surface area contributed by atoms with Gasteiger partial charge in [-0.05, 0) is 25.0 Å². The van der Waals surface area contributed by atoms with E-state index in [4.69, 9.17) is 0 Å². The smallest absolute Gasteiger partial charge is 0.108 e. The van der Waals surface area contributed by atoms with E-state index in [-0.39, 0.29) is 0 Å². The van der Waals surface area contributed by atoms with Crippen LogP contribution in [0.2, 0.25) is 0 Å². The van der Waals surface area contributed by atoms with Gasteiger partial charge in [-0.3, -0.25) is 0 Å². The van der Waals surface area contributed by atoms with Crippen molar-refractivity contribution in [2.45, 2.75) is 25.8 Å². The summed E-state index contributed by atoms with van der Waals surface area (Å²) in [7, 11) is 0. The number of nitrogens with one attached hydrogen (secondary N) is 2. The van der Waals surface area contributed by atoms with Crippen LogP contribution in [0, 0.1) is 0 Å². The number of rotatable bonds is 4. The minimum atomic E-state index is 0.839. The average Bonchev–Trinajstić information content (AvgIpc) is 3.08. The van der Waals surface area contributed by atoms with Crippen molar-refractivity contribution in [1.82, 2.24) is 20.4 Å². The number of hydrazine groups is 1. The zero-order valence-corrected chi connectivity index (χ0v) is 11.2. The lowest BCUT2D eigenvalue weighted by Crippen LogP contribution is -2.41. The Labute approximate surface area is 111 Å². The lowest BCUT2D eigenvalue weighted by atomic mass is 10.2. The number of nitrogens with zero attached hydrogens (tertiary/aromatic N) is 2. The second kappa shape index (κ2) is 5.65. The molecule has 0 unspecified atom stereocenters. The van der Waals surface area contributed by atoms with Gasteiger partial charge in [0.15, 0.2) is 0 Å². The van der Waals surface area contributed by atoms with Crippen molar-refractivity contribution in [3.63, 3.8) is 0 Å². The normalized spacial score (nSPS) is 17.1. The summed E-state index contributed by atoms with van der Waals surface area (Å²) in [6.45, 7) is 3.16. The van der Waals surface area contributed by atoms with E-state index in [1.54, 1.807) is 11.3 Å². The number of aromatic amines is 1. The quantitative estimate of drug-likeness (QED) is 0.890. The SMILES string of the molecule is c1c[nH]c(-c2cnc(CNN3CCCCC3)s2)c1. The van der Waals surface area contributed by atoms with E-state index in [1.807, 2.05) is 18.5 Å². The molecule has 4 nitrogen and oxygen atoms in total. The van der Waals surface area contributed by atoms with Crippen LogP contribution in [0.3, 0.4) is 0 Å². The average molecular weight is 262 g/mol. The molecule has 2 N–H and O–H groups in total. The van der Waals surface area contributed by atoms with E-state index in [9.17, 15) is 0 Å². The molecule has 1 aliphatic rings. The summed E-state index contributed by atoms with van der Waals surface area (Å²) in [4.78, 5) is 8.88. The Balaban J connectivity index is 1.57. The topological polar surface area (TPSA) is 44.0 Å². The van der Waals surface area contributed by atoms with Crippen molar-refractivity contribution in [2.75, 3.05) is 13.1 Å². The highest BCUT2D eigenvalue weighted by Crippen LogP contribution is 2.24. The van der Waals surface area contributed by atoms with Gasteiger partial charge >= 0.3 is 0 Å². The van der Waals surface area contributed by atoms with Crippen LogP contribution in [0.15, 0.2) is 24.5 Å². The summed E-state index contributed by atoms with van der Waals surface area (Å²) >= 11 is 1.75. The number of H-pyrrole nitrogens is 1. The fourth-order valence-corrected chi connectivity index (χ4v) is 3.07. The number of hydrogen-bond acceptors (Lipinski definition) is 4. The van der Waals surface area contributed by atoms with Gasteiger partial charge in [-0.1, -0.05) is 6.42 Å². The number of thiazole rings is 1. The highest BCUT2D eigenvalue weighted by molar-refractivity contribution is 7.15. The van der Waals surface area contributed by atoms with Crippen LogP contribution in [0.25, 0.3) is 10.6 Å². The highest BCUT2D eigenvalue weighted by atomic mass is 32.1. The predicted molar refractivity (Wildman–Crippen MR) is 74.2 cm³/mol. The first-order valence-corrected chi connectivity index (χ1v) is 7.30. The van der Waals surface area contributed by atoms with Crippen molar-refractivity contribution in [3.05, 3.63) is 29.5 Å². The molecule has 2 aromatic rings. The maximum Gasteiger partial charge on any atom is 0.108 e. The third kappa shape index (κ3) is 2.80. The molecule has 0 bridgehead atoms. The summed E-state index contributed by atoms with van der Waals surface area (Å²) in [5.74, 6) is 0. The molecule has 0 saturated carbocycles. The van der Waals surface area contributed by atoms with Crippen molar-refractivity contribution in [3.8, 4) is 10.6 Å². The molecule has 0 radical (unpaired) electrons. The molecule has 2 aromatic heterocycles. The molecule has 0 amide bonds. The van der Waals surface area contributed by atoms with E-state index in [0.717, 1.165) is 30.3 Å². The van der Waals surface area contributed by atoms with E-state index >= 15 is 0 Å². The van der Waals surface area contributed by atoms with Crippen molar-refractivity contribution >= 4 is 11.3 Å². The Morgan fingerprint density at radius 1 is 1.33 bits per heavy atom. The summed E-state index contributed by atoms with van der Waals surface area (Å²) < 4.78 is 0. The molecule has 0 aromatic carbocycles. The molecule has 3 rings (SSSR count). The largest absolute Gasteiger partial charge is 0.360 e. The molecule has 18 heavy (non-hydrogen) atoms. The third-order valence-corrected chi connectivity index (χ3v) is 4.26. The third-order valence-electron chi connectivity index (χ3n) is 3.23. The van der Waals surface area contributed by atoms with Crippen LogP contribution < -0.4 is 5.43 Å². The second-order valence-electron chi connectivity index (χ2n) is 4.58. The monoisotopic (exact) mass is 262 g/mol. The van der Waals surface area contributed by atoms with E-state index in [0.29, 0.717) is 0 Å². The highest BCUT2D eigenvalue weighted by Gasteiger charge is 2.10. The summed E-state index contributed by atoms with van der Waals surface area (Å²) in [5, 5.41) is 3.46. The van der Waals surface area contributed by atoms with Crippen LogP contribution in [0.1, 0.15) is 24.3 Å². The van der Waals surface area contributed by atoms with Gasteiger partial charge in [0.1, 0.15) is 5.01 Å². The Morgan fingerprint density at radius 2 is 2.22 bits per heavy atom. The van der Waals surface area contributed by atoms with Crippen LogP contribution in [-0.2, 0) is 6.54 Å². The fraction of sp³-hybridized carbons (Fsp3) is 0.462. The minimum Gasteiger partial charge on any atom is -0.360 e. The van der Waals surface area contributed by atoms with Crippen LogP contribution in [0.4, 0.5) is 0 Å². The summed E-state index contributed by atoms with van der Waals surface area (Å²) in [6, 6.07) is 4.09. The van der Waals surface area contributed by atoms with Gasteiger partial charge < -0.3 is 4.98 Å². The van der Waals surface area contributed by atoms with Gasteiger partial charge in [-0.25, -0.2) is 15.4 Å². The second-order valence-corrected chi connectivity index (χ2v) is 5.70. The first-order valence-electron chi connectivity index (χ1n) is 6.49. The van der Waals surface area contributed by atoms with E-state index < -0.39 is 0 Å². The van der Waals surface area contributed by atoms with Crippen LogP contribution >= 0.6 is 11.3 Å². The van der Waals surface area contributed by atoms with Gasteiger partial charge in [-0.2, -0.15) is 0 Å². The van der Waals surface area contributed by atoms with Crippen molar-refractivity contribution in [1.29, 1.82) is 0 Å². The molecule has 96 valence electrons. The Hall–Kier alpha value is -1.17.